The minimum Gasteiger partial charge on any atom is -0.349 e. The summed E-state index contributed by atoms with van der Waals surface area (Å²) in [4.78, 5) is 33.4. The van der Waals surface area contributed by atoms with Gasteiger partial charge in [0, 0.05) is 36.8 Å². The Morgan fingerprint density at radius 1 is 1.06 bits per heavy atom. The Bertz CT molecular complexity index is 1500. The molecule has 1 aliphatic heterocycles. The first kappa shape index (κ1) is 23.5. The maximum absolute atomic E-state index is 13.8. The van der Waals surface area contributed by atoms with Crippen molar-refractivity contribution in [1.82, 2.24) is 14.8 Å². The summed E-state index contributed by atoms with van der Waals surface area (Å²) in [7, 11) is 3.98. The molecule has 6 nitrogen and oxygen atoms in total. The first-order chi connectivity index (χ1) is 16.7. The summed E-state index contributed by atoms with van der Waals surface area (Å²) >= 11 is 6.04. The molecule has 1 aliphatic rings. The van der Waals surface area contributed by atoms with Gasteiger partial charge >= 0.3 is 0 Å². The summed E-state index contributed by atoms with van der Waals surface area (Å²) in [5, 5.41) is 0.918. The minimum atomic E-state index is -0.494. The number of aryl methyl sites for hydroxylation is 1. The fourth-order valence-corrected chi connectivity index (χ4v) is 5.11. The van der Waals surface area contributed by atoms with Gasteiger partial charge in [-0.2, -0.15) is 4.57 Å². The Morgan fingerprint density at radius 2 is 1.86 bits per heavy atom. The molecule has 8 heteroatoms. The number of likely N-dealkylation sites (N-methyl/N-ethyl adjacent to an activating group) is 1. The largest absolute Gasteiger partial charge is 0.349 e. The van der Waals surface area contributed by atoms with Crippen LogP contribution in [0.15, 0.2) is 42.5 Å². The number of halogens is 2. The van der Waals surface area contributed by atoms with Crippen molar-refractivity contribution in [2.75, 3.05) is 33.2 Å². The zero-order valence-electron chi connectivity index (χ0n) is 20.0. The van der Waals surface area contributed by atoms with Crippen molar-refractivity contribution in [3.63, 3.8) is 0 Å². The maximum atomic E-state index is 13.8. The molecule has 0 saturated carbocycles. The molecule has 35 heavy (non-hydrogen) atoms. The molecular formula is C27H27ClFN4O2+. The van der Waals surface area contributed by atoms with Crippen LogP contribution < -0.4 is 4.57 Å². The second kappa shape index (κ2) is 9.06. The van der Waals surface area contributed by atoms with Gasteiger partial charge in [-0.25, -0.2) is 4.39 Å². The second-order valence-electron chi connectivity index (χ2n) is 9.25. The predicted molar refractivity (Wildman–Crippen MR) is 135 cm³/mol. The quantitative estimate of drug-likeness (QED) is 0.335. The molecule has 180 valence electrons. The van der Waals surface area contributed by atoms with Crippen LogP contribution in [0.1, 0.15) is 34.1 Å². The van der Waals surface area contributed by atoms with E-state index in [1.165, 1.54) is 13.0 Å². The summed E-state index contributed by atoms with van der Waals surface area (Å²) in [5.41, 5.74) is 4.89. The molecule has 0 atom stereocenters. The lowest BCUT2D eigenvalue weighted by Crippen LogP contribution is -2.34. The topological polar surface area (TPSA) is 60.3 Å². The van der Waals surface area contributed by atoms with Crippen LogP contribution in [0.2, 0.25) is 5.02 Å². The van der Waals surface area contributed by atoms with E-state index in [1.807, 2.05) is 34.7 Å². The molecule has 0 bridgehead atoms. The number of aromatic amines is 1. The molecule has 5 rings (SSSR count). The number of pyridine rings is 1. The van der Waals surface area contributed by atoms with Gasteiger partial charge in [0.05, 0.1) is 21.5 Å². The number of nitrogens with one attached hydrogen (secondary N) is 1. The standard InChI is InChI=1S/C27H26ClFN4O2/c1-16(34)20-15-24(17-6-8-22(29)21(28)13-17)32(3)26-19-7-5-18(14-23(19)30-25(20)26)27(35)33-10-4-9-31(2)11-12-33/h5-8,13-15H,4,9-12H2,1-3H3/p+1. The number of benzene rings is 2. The summed E-state index contributed by atoms with van der Waals surface area (Å²) in [6, 6.07) is 12.0. The van der Waals surface area contributed by atoms with Crippen LogP contribution in [0.3, 0.4) is 0 Å². The van der Waals surface area contributed by atoms with Gasteiger partial charge in [0.1, 0.15) is 18.4 Å². The lowest BCUT2D eigenvalue weighted by molar-refractivity contribution is -0.632. The number of carbonyl (C=O) groups is 2. The van der Waals surface area contributed by atoms with Crippen LogP contribution >= 0.6 is 11.6 Å². The Labute approximate surface area is 207 Å². The lowest BCUT2D eigenvalue weighted by Gasteiger charge is -2.20. The summed E-state index contributed by atoms with van der Waals surface area (Å²) < 4.78 is 15.8. The van der Waals surface area contributed by atoms with Gasteiger partial charge in [-0.3, -0.25) is 9.59 Å². The number of ketones is 1. The average Bonchev–Trinajstić information content (AvgIpc) is 3.08. The molecule has 4 aromatic rings. The summed E-state index contributed by atoms with van der Waals surface area (Å²) in [6.07, 6.45) is 0.949. The summed E-state index contributed by atoms with van der Waals surface area (Å²) in [6.45, 7) is 4.80. The Balaban J connectivity index is 1.65. The Hall–Kier alpha value is -3.29. The molecule has 2 aromatic carbocycles. The van der Waals surface area contributed by atoms with Crippen molar-refractivity contribution >= 4 is 45.2 Å². The number of hydrogen-bond donors (Lipinski definition) is 1. The van der Waals surface area contributed by atoms with Gasteiger partial charge < -0.3 is 14.8 Å². The van der Waals surface area contributed by atoms with Crippen molar-refractivity contribution in [2.24, 2.45) is 7.05 Å². The van der Waals surface area contributed by atoms with E-state index in [9.17, 15) is 14.0 Å². The first-order valence-corrected chi connectivity index (χ1v) is 12.0. The number of rotatable bonds is 3. The fraction of sp³-hybridized carbons (Fsp3) is 0.296. The molecule has 1 fully saturated rings. The van der Waals surface area contributed by atoms with Crippen molar-refractivity contribution in [1.29, 1.82) is 0 Å². The zero-order valence-corrected chi connectivity index (χ0v) is 20.7. The van der Waals surface area contributed by atoms with Gasteiger partial charge in [0.15, 0.2) is 5.78 Å². The van der Waals surface area contributed by atoms with Crippen LogP contribution in [-0.4, -0.2) is 59.7 Å². The van der Waals surface area contributed by atoms with Crippen LogP contribution in [0.5, 0.6) is 0 Å². The van der Waals surface area contributed by atoms with E-state index in [0.29, 0.717) is 28.8 Å². The number of H-pyrrole nitrogens is 1. The highest BCUT2D eigenvalue weighted by Gasteiger charge is 2.26. The third-order valence-electron chi connectivity index (χ3n) is 6.87. The average molecular weight is 494 g/mol. The number of nitrogens with zero attached hydrogens (tertiary/aromatic N) is 3. The number of aromatic nitrogens is 2. The van der Waals surface area contributed by atoms with Crippen LogP contribution in [0, 0.1) is 5.82 Å². The lowest BCUT2D eigenvalue weighted by atomic mass is 10.0. The van der Waals surface area contributed by atoms with E-state index >= 15 is 0 Å². The van der Waals surface area contributed by atoms with E-state index < -0.39 is 5.82 Å². The molecule has 3 heterocycles. The van der Waals surface area contributed by atoms with Crippen molar-refractivity contribution < 1.29 is 18.5 Å². The molecule has 2 aromatic heterocycles. The highest BCUT2D eigenvalue weighted by atomic mass is 35.5. The zero-order chi connectivity index (χ0) is 24.9. The minimum absolute atomic E-state index is 0.0127. The van der Waals surface area contributed by atoms with E-state index in [2.05, 4.69) is 16.9 Å². The molecule has 1 amide bonds. The normalized spacial score (nSPS) is 15.1. The Kier molecular flexibility index (Phi) is 6.07. The van der Waals surface area contributed by atoms with Gasteiger partial charge in [-0.1, -0.05) is 11.6 Å². The molecule has 0 radical (unpaired) electrons. The van der Waals surface area contributed by atoms with Crippen LogP contribution in [-0.2, 0) is 7.05 Å². The molecular weight excluding hydrogens is 467 g/mol. The molecule has 0 aliphatic carbocycles. The van der Waals surface area contributed by atoms with Crippen molar-refractivity contribution in [3.05, 3.63) is 64.4 Å². The first-order valence-electron chi connectivity index (χ1n) is 11.7. The number of Topliss-reactive ketones (excluding diaryl/α,β-unsaturated/α-hetero) is 1. The molecule has 1 N–H and O–H groups in total. The third-order valence-corrected chi connectivity index (χ3v) is 7.16. The Morgan fingerprint density at radius 3 is 2.60 bits per heavy atom. The molecule has 0 spiro atoms. The number of carbonyl (C=O) groups excluding carboxylic acids is 2. The second-order valence-corrected chi connectivity index (χ2v) is 9.65. The van der Waals surface area contributed by atoms with Crippen LogP contribution in [0.25, 0.3) is 33.2 Å². The highest BCUT2D eigenvalue weighted by Crippen LogP contribution is 2.31. The van der Waals surface area contributed by atoms with Crippen LogP contribution in [0.4, 0.5) is 4.39 Å². The van der Waals surface area contributed by atoms with E-state index in [0.717, 1.165) is 48.2 Å². The highest BCUT2D eigenvalue weighted by molar-refractivity contribution is 6.31. The maximum Gasteiger partial charge on any atom is 0.253 e. The SMILES string of the molecule is CC(=O)c1cc(-c2ccc(F)c(Cl)c2)[n+](C)c2c1[nH]c1cc(C(=O)N3CCCN(C)CC3)ccc12. The van der Waals surface area contributed by atoms with Gasteiger partial charge in [0.25, 0.3) is 5.91 Å². The van der Waals surface area contributed by atoms with Gasteiger partial charge in [-0.15, -0.1) is 0 Å². The smallest absolute Gasteiger partial charge is 0.253 e. The molecule has 1 saturated heterocycles. The number of amides is 1. The number of fused-ring (bicyclic) bond motifs is 3. The summed E-state index contributed by atoms with van der Waals surface area (Å²) in [5.74, 6) is -0.577. The van der Waals surface area contributed by atoms with Crippen molar-refractivity contribution in [3.8, 4) is 11.3 Å². The van der Waals surface area contributed by atoms with Gasteiger partial charge in [0.2, 0.25) is 11.2 Å². The van der Waals surface area contributed by atoms with Gasteiger partial charge in [-0.05, 0) is 63.3 Å². The van der Waals surface area contributed by atoms with E-state index in [-0.39, 0.29) is 16.7 Å². The van der Waals surface area contributed by atoms with E-state index in [4.69, 9.17) is 11.6 Å². The molecule has 0 unspecified atom stereocenters. The van der Waals surface area contributed by atoms with Crippen molar-refractivity contribution in [2.45, 2.75) is 13.3 Å². The third kappa shape index (κ3) is 4.19. The predicted octanol–water partition coefficient (Wildman–Crippen LogP) is 4.59. The fourth-order valence-electron chi connectivity index (χ4n) is 4.93. The van der Waals surface area contributed by atoms with E-state index in [1.54, 1.807) is 18.2 Å². The monoisotopic (exact) mass is 493 g/mol. The number of hydrogen-bond acceptors (Lipinski definition) is 3.